The minimum absolute atomic E-state index is 0.0106. The summed E-state index contributed by atoms with van der Waals surface area (Å²) >= 11 is 0. The van der Waals surface area contributed by atoms with Crippen molar-refractivity contribution in [3.05, 3.63) is 11.4 Å². The van der Waals surface area contributed by atoms with Gasteiger partial charge in [0.1, 0.15) is 17.5 Å². The Hall–Kier alpha value is -1.85. The molecule has 0 radical (unpaired) electrons. The molecule has 0 saturated carbocycles. The predicted molar refractivity (Wildman–Crippen MR) is 82.3 cm³/mol. The second kappa shape index (κ2) is 7.67. The van der Waals surface area contributed by atoms with E-state index in [4.69, 9.17) is 0 Å². The van der Waals surface area contributed by atoms with Crippen molar-refractivity contribution in [2.24, 2.45) is 0 Å². The van der Waals surface area contributed by atoms with Gasteiger partial charge in [-0.15, -0.1) is 0 Å². The van der Waals surface area contributed by atoms with Crippen molar-refractivity contribution in [2.75, 3.05) is 36.9 Å². The Balaban J connectivity index is 3.10. The molecule has 0 spiro atoms. The Morgan fingerprint density at radius 1 is 1.25 bits per heavy atom. The number of aryl methyl sites for hydroxylation is 1. The van der Waals surface area contributed by atoms with Gasteiger partial charge in [0.05, 0.1) is 6.54 Å². The number of hydrogen-bond acceptors (Lipinski definition) is 5. The quantitative estimate of drug-likeness (QED) is 0.788. The summed E-state index contributed by atoms with van der Waals surface area (Å²) in [5.74, 6) is 2.44. The topological polar surface area (TPSA) is 70.2 Å². The Labute approximate surface area is 121 Å². The molecule has 2 N–H and O–H groups in total. The predicted octanol–water partition coefficient (Wildman–Crippen LogP) is 1.35. The number of nitrogens with one attached hydrogen (secondary N) is 2. The van der Waals surface area contributed by atoms with Gasteiger partial charge in [-0.1, -0.05) is 6.92 Å². The van der Waals surface area contributed by atoms with Crippen LogP contribution < -0.4 is 15.5 Å². The largest absolute Gasteiger partial charge is 0.373 e. The second-order valence-electron chi connectivity index (χ2n) is 4.51. The van der Waals surface area contributed by atoms with Crippen LogP contribution in [0.4, 0.5) is 11.6 Å². The van der Waals surface area contributed by atoms with Crippen LogP contribution in [0.1, 0.15) is 32.2 Å². The van der Waals surface area contributed by atoms with Crippen molar-refractivity contribution in [1.29, 1.82) is 0 Å². The van der Waals surface area contributed by atoms with Gasteiger partial charge in [0.25, 0.3) is 0 Å². The maximum Gasteiger partial charge on any atom is 0.239 e. The molecule has 0 aliphatic carbocycles. The van der Waals surface area contributed by atoms with E-state index in [1.165, 1.54) is 0 Å². The number of likely N-dealkylation sites (N-methyl/N-ethyl adjacent to an activating group) is 2. The van der Waals surface area contributed by atoms with E-state index >= 15 is 0 Å². The molecule has 0 aliphatic rings. The summed E-state index contributed by atoms with van der Waals surface area (Å²) in [5.41, 5.74) is 0.968. The molecular weight excluding hydrogens is 254 g/mol. The summed E-state index contributed by atoms with van der Waals surface area (Å²) in [6.45, 7) is 9.61. The highest BCUT2D eigenvalue weighted by molar-refractivity contribution is 5.81. The lowest BCUT2D eigenvalue weighted by Crippen LogP contribution is -2.38. The molecule has 0 atom stereocenters. The van der Waals surface area contributed by atoms with Gasteiger partial charge >= 0.3 is 0 Å². The molecule has 0 fully saturated rings. The van der Waals surface area contributed by atoms with Crippen LogP contribution in [0.15, 0.2) is 0 Å². The van der Waals surface area contributed by atoms with Crippen LogP contribution in [0.25, 0.3) is 0 Å². The summed E-state index contributed by atoms with van der Waals surface area (Å²) in [4.78, 5) is 22.8. The van der Waals surface area contributed by atoms with Gasteiger partial charge < -0.3 is 15.5 Å². The number of rotatable bonds is 7. The van der Waals surface area contributed by atoms with Gasteiger partial charge in [-0.25, -0.2) is 9.97 Å². The van der Waals surface area contributed by atoms with Crippen molar-refractivity contribution < 1.29 is 4.79 Å². The SMILES string of the molecule is CCNC(=O)CN(CC)c1nc(CC)nc(NC)c1C. The fourth-order valence-electron chi connectivity index (χ4n) is 2.02. The summed E-state index contributed by atoms with van der Waals surface area (Å²) in [5, 5.41) is 5.91. The van der Waals surface area contributed by atoms with Crippen LogP contribution in [0.2, 0.25) is 0 Å². The molecule has 0 bridgehead atoms. The third kappa shape index (κ3) is 3.82. The van der Waals surface area contributed by atoms with Crippen molar-refractivity contribution in [3.63, 3.8) is 0 Å². The fourth-order valence-corrected chi connectivity index (χ4v) is 2.02. The van der Waals surface area contributed by atoms with Crippen LogP contribution >= 0.6 is 0 Å². The molecule has 0 aliphatic heterocycles. The monoisotopic (exact) mass is 279 g/mol. The van der Waals surface area contributed by atoms with E-state index in [0.717, 1.165) is 36.0 Å². The lowest BCUT2D eigenvalue weighted by Gasteiger charge is -2.24. The Bertz CT molecular complexity index is 461. The molecule has 0 aromatic carbocycles. The zero-order valence-corrected chi connectivity index (χ0v) is 13.1. The van der Waals surface area contributed by atoms with Crippen LogP contribution in [-0.4, -0.2) is 42.6 Å². The van der Waals surface area contributed by atoms with E-state index in [1.807, 2.05) is 39.6 Å². The third-order valence-electron chi connectivity index (χ3n) is 3.11. The average molecular weight is 279 g/mol. The summed E-state index contributed by atoms with van der Waals surface area (Å²) in [7, 11) is 1.85. The molecule has 112 valence electrons. The molecular formula is C14H25N5O. The van der Waals surface area contributed by atoms with Crippen molar-refractivity contribution in [3.8, 4) is 0 Å². The smallest absolute Gasteiger partial charge is 0.239 e. The Morgan fingerprint density at radius 2 is 1.95 bits per heavy atom. The minimum Gasteiger partial charge on any atom is -0.373 e. The van der Waals surface area contributed by atoms with Crippen molar-refractivity contribution in [2.45, 2.75) is 34.1 Å². The van der Waals surface area contributed by atoms with Crippen LogP contribution in [0.3, 0.4) is 0 Å². The fraction of sp³-hybridized carbons (Fsp3) is 0.643. The van der Waals surface area contributed by atoms with Gasteiger partial charge in [0, 0.05) is 32.1 Å². The Kier molecular flexibility index (Phi) is 6.21. The molecule has 20 heavy (non-hydrogen) atoms. The van der Waals surface area contributed by atoms with Gasteiger partial charge in [0.2, 0.25) is 5.91 Å². The summed E-state index contributed by atoms with van der Waals surface area (Å²) < 4.78 is 0. The normalized spacial score (nSPS) is 10.2. The number of aromatic nitrogens is 2. The van der Waals surface area contributed by atoms with Crippen LogP contribution in [0, 0.1) is 6.92 Å². The molecule has 6 heteroatoms. The van der Waals surface area contributed by atoms with Gasteiger partial charge in [0.15, 0.2) is 0 Å². The third-order valence-corrected chi connectivity index (χ3v) is 3.11. The zero-order chi connectivity index (χ0) is 15.1. The van der Waals surface area contributed by atoms with E-state index in [2.05, 4.69) is 20.6 Å². The standard InChI is InChI=1S/C14H25N5O/c1-6-11-17-13(15-5)10(4)14(18-11)19(8-3)9-12(20)16-7-2/h6-9H2,1-5H3,(H,16,20)(H,15,17,18). The molecule has 1 rings (SSSR count). The van der Waals surface area contributed by atoms with Gasteiger partial charge in [-0.05, 0) is 20.8 Å². The van der Waals surface area contributed by atoms with E-state index < -0.39 is 0 Å². The molecule has 6 nitrogen and oxygen atoms in total. The maximum atomic E-state index is 11.8. The molecule has 1 amide bonds. The van der Waals surface area contributed by atoms with Crippen molar-refractivity contribution in [1.82, 2.24) is 15.3 Å². The number of nitrogens with zero attached hydrogens (tertiary/aromatic N) is 3. The molecule has 1 aromatic rings. The minimum atomic E-state index is 0.0106. The molecule has 0 unspecified atom stereocenters. The van der Waals surface area contributed by atoms with E-state index in [9.17, 15) is 4.79 Å². The highest BCUT2D eigenvalue weighted by Gasteiger charge is 2.17. The lowest BCUT2D eigenvalue weighted by atomic mass is 10.2. The summed E-state index contributed by atoms with van der Waals surface area (Å²) in [6.07, 6.45) is 0.765. The van der Waals surface area contributed by atoms with Crippen LogP contribution in [-0.2, 0) is 11.2 Å². The van der Waals surface area contributed by atoms with E-state index in [0.29, 0.717) is 13.1 Å². The van der Waals surface area contributed by atoms with Gasteiger partial charge in [-0.2, -0.15) is 0 Å². The van der Waals surface area contributed by atoms with Crippen LogP contribution in [0.5, 0.6) is 0 Å². The van der Waals surface area contributed by atoms with E-state index in [-0.39, 0.29) is 5.91 Å². The first-order chi connectivity index (χ1) is 9.57. The number of hydrogen-bond donors (Lipinski definition) is 2. The molecule has 1 aromatic heterocycles. The van der Waals surface area contributed by atoms with Gasteiger partial charge in [-0.3, -0.25) is 4.79 Å². The number of carbonyl (C=O) groups is 1. The first-order valence-electron chi connectivity index (χ1n) is 7.14. The zero-order valence-electron chi connectivity index (χ0n) is 13.1. The Morgan fingerprint density at radius 3 is 2.45 bits per heavy atom. The lowest BCUT2D eigenvalue weighted by molar-refractivity contribution is -0.119. The first-order valence-corrected chi connectivity index (χ1v) is 7.14. The number of carbonyl (C=O) groups excluding carboxylic acids is 1. The molecule has 1 heterocycles. The number of amides is 1. The second-order valence-corrected chi connectivity index (χ2v) is 4.51. The van der Waals surface area contributed by atoms with Crippen molar-refractivity contribution >= 4 is 17.5 Å². The highest BCUT2D eigenvalue weighted by atomic mass is 16.2. The average Bonchev–Trinajstić information content (AvgIpc) is 2.45. The first kappa shape index (κ1) is 16.2. The van der Waals surface area contributed by atoms with E-state index in [1.54, 1.807) is 0 Å². The maximum absolute atomic E-state index is 11.8. The highest BCUT2D eigenvalue weighted by Crippen LogP contribution is 2.23. The summed E-state index contributed by atoms with van der Waals surface area (Å²) in [6, 6.07) is 0. The molecule has 0 saturated heterocycles. The number of anilines is 2.